The number of nitrogens with zero attached hydrogens (tertiary/aromatic N) is 2. The Bertz CT molecular complexity index is 1090. The molecular formula is C26H30N4O3S. The highest BCUT2D eigenvalue weighted by Gasteiger charge is 2.44. The molecule has 1 aliphatic heterocycles. The second-order valence-corrected chi connectivity index (χ2v) is 9.84. The van der Waals surface area contributed by atoms with Crippen molar-refractivity contribution in [3.8, 4) is 0 Å². The van der Waals surface area contributed by atoms with Crippen LogP contribution in [0.25, 0.3) is 0 Å². The zero-order valence-electron chi connectivity index (χ0n) is 19.5. The van der Waals surface area contributed by atoms with Crippen LogP contribution >= 0.6 is 11.8 Å². The van der Waals surface area contributed by atoms with E-state index in [1.54, 1.807) is 24.3 Å². The van der Waals surface area contributed by atoms with Crippen LogP contribution in [-0.2, 0) is 15.0 Å². The highest BCUT2D eigenvalue weighted by Crippen LogP contribution is 2.47. The summed E-state index contributed by atoms with van der Waals surface area (Å²) in [5.74, 6) is -0.722. The molecule has 1 aliphatic carbocycles. The molecule has 2 aromatic rings. The quantitative estimate of drug-likeness (QED) is 0.572. The number of aliphatic imine (C=N–C) groups is 1. The van der Waals surface area contributed by atoms with Gasteiger partial charge in [-0.05, 0) is 50.5 Å². The predicted octanol–water partition coefficient (Wildman–Crippen LogP) is 3.82. The molecule has 1 atom stereocenters. The standard InChI is InChI=1S/C26H30N4O3S/c1-3-30(4-2)25-29-24(33)21(34-25)16-22(31)28-20-12-8-9-18(15-20)23(32)27-17-26(13-14-26)19-10-6-5-7-11-19/h5-12,15,21H,3-4,13-14,16-17H2,1-2H3,(H,27,32)(H,28,31). The van der Waals surface area contributed by atoms with Crippen LogP contribution in [-0.4, -0.2) is 52.7 Å². The zero-order chi connectivity index (χ0) is 24.1. The van der Waals surface area contributed by atoms with E-state index in [-0.39, 0.29) is 29.6 Å². The van der Waals surface area contributed by atoms with Crippen molar-refractivity contribution in [3.63, 3.8) is 0 Å². The number of hydrogen-bond donors (Lipinski definition) is 2. The Morgan fingerprint density at radius 3 is 2.50 bits per heavy atom. The highest BCUT2D eigenvalue weighted by molar-refractivity contribution is 8.15. The van der Waals surface area contributed by atoms with Gasteiger partial charge in [0.05, 0.1) is 0 Å². The Morgan fingerprint density at radius 1 is 1.09 bits per heavy atom. The number of carbonyl (C=O) groups is 3. The molecule has 0 bridgehead atoms. The molecule has 7 nitrogen and oxygen atoms in total. The van der Waals surface area contributed by atoms with Crippen molar-refractivity contribution in [1.29, 1.82) is 0 Å². The molecule has 2 aliphatic rings. The van der Waals surface area contributed by atoms with E-state index in [0.29, 0.717) is 23.0 Å². The minimum Gasteiger partial charge on any atom is -0.352 e. The smallest absolute Gasteiger partial charge is 0.262 e. The predicted molar refractivity (Wildman–Crippen MR) is 136 cm³/mol. The molecule has 178 valence electrons. The largest absolute Gasteiger partial charge is 0.352 e. The van der Waals surface area contributed by atoms with Gasteiger partial charge in [-0.3, -0.25) is 14.4 Å². The molecule has 0 aromatic heterocycles. The molecule has 0 spiro atoms. The Morgan fingerprint density at radius 2 is 1.82 bits per heavy atom. The second kappa shape index (κ2) is 10.4. The monoisotopic (exact) mass is 478 g/mol. The van der Waals surface area contributed by atoms with E-state index in [4.69, 9.17) is 0 Å². The number of hydrogen-bond acceptors (Lipinski definition) is 5. The Balaban J connectivity index is 1.31. The third-order valence-corrected chi connectivity index (χ3v) is 7.58. The molecule has 3 amide bonds. The molecule has 1 unspecified atom stereocenters. The number of anilines is 1. The number of amides is 3. The van der Waals surface area contributed by atoms with Gasteiger partial charge in [0.1, 0.15) is 5.25 Å². The summed E-state index contributed by atoms with van der Waals surface area (Å²) < 4.78 is 0. The van der Waals surface area contributed by atoms with Crippen molar-refractivity contribution >= 4 is 40.3 Å². The van der Waals surface area contributed by atoms with E-state index in [9.17, 15) is 14.4 Å². The number of rotatable bonds is 9. The molecular weight excluding hydrogens is 448 g/mol. The molecule has 2 N–H and O–H groups in total. The van der Waals surface area contributed by atoms with Crippen LogP contribution < -0.4 is 10.6 Å². The first kappa shape index (κ1) is 24.0. The molecule has 34 heavy (non-hydrogen) atoms. The number of thioether (sulfide) groups is 1. The molecule has 1 heterocycles. The van der Waals surface area contributed by atoms with Gasteiger partial charge in [-0.1, -0.05) is 48.2 Å². The lowest BCUT2D eigenvalue weighted by molar-refractivity contribution is -0.121. The molecule has 0 radical (unpaired) electrons. The van der Waals surface area contributed by atoms with Crippen LogP contribution in [0.1, 0.15) is 49.0 Å². The van der Waals surface area contributed by atoms with Gasteiger partial charge in [0.15, 0.2) is 5.17 Å². The van der Waals surface area contributed by atoms with Crippen molar-refractivity contribution in [2.75, 3.05) is 25.0 Å². The van der Waals surface area contributed by atoms with Crippen LogP contribution in [0, 0.1) is 0 Å². The van der Waals surface area contributed by atoms with Crippen molar-refractivity contribution in [2.24, 2.45) is 4.99 Å². The lowest BCUT2D eigenvalue weighted by Crippen LogP contribution is -2.32. The summed E-state index contributed by atoms with van der Waals surface area (Å²) in [5.41, 5.74) is 2.30. The average Bonchev–Trinajstić information content (AvgIpc) is 3.56. The van der Waals surface area contributed by atoms with E-state index in [1.165, 1.54) is 17.3 Å². The van der Waals surface area contributed by atoms with Gasteiger partial charge in [0.25, 0.3) is 11.8 Å². The minimum atomic E-state index is -0.519. The van der Waals surface area contributed by atoms with Gasteiger partial charge in [-0.2, -0.15) is 4.99 Å². The minimum absolute atomic E-state index is 0.0281. The highest BCUT2D eigenvalue weighted by atomic mass is 32.2. The van der Waals surface area contributed by atoms with Crippen molar-refractivity contribution in [2.45, 2.75) is 43.8 Å². The summed E-state index contributed by atoms with van der Waals surface area (Å²) in [6, 6.07) is 17.1. The van der Waals surface area contributed by atoms with Crippen molar-refractivity contribution < 1.29 is 14.4 Å². The topological polar surface area (TPSA) is 90.9 Å². The van der Waals surface area contributed by atoms with Gasteiger partial charge < -0.3 is 15.5 Å². The first-order valence-electron chi connectivity index (χ1n) is 11.7. The normalized spacial score (nSPS) is 18.2. The fourth-order valence-corrected chi connectivity index (χ4v) is 5.31. The van der Waals surface area contributed by atoms with E-state index in [0.717, 1.165) is 25.9 Å². The van der Waals surface area contributed by atoms with E-state index in [1.807, 2.05) is 36.9 Å². The first-order valence-corrected chi connectivity index (χ1v) is 12.6. The third-order valence-electron chi connectivity index (χ3n) is 6.37. The molecule has 0 saturated heterocycles. The maximum absolute atomic E-state index is 12.8. The van der Waals surface area contributed by atoms with Gasteiger partial charge in [-0.25, -0.2) is 0 Å². The molecule has 2 aromatic carbocycles. The van der Waals surface area contributed by atoms with Gasteiger partial charge >= 0.3 is 0 Å². The SMILES string of the molecule is CCN(CC)C1=NC(=O)C(CC(=O)Nc2cccc(C(=O)NCC3(c4ccccc4)CC3)c2)S1. The molecule has 1 saturated carbocycles. The number of carbonyl (C=O) groups excluding carboxylic acids is 3. The van der Waals surface area contributed by atoms with Gasteiger partial charge in [0.2, 0.25) is 5.91 Å². The van der Waals surface area contributed by atoms with Crippen LogP contribution in [0.4, 0.5) is 5.69 Å². The lowest BCUT2D eigenvalue weighted by atomic mass is 9.96. The number of amidine groups is 1. The molecule has 1 fully saturated rings. The average molecular weight is 479 g/mol. The Labute approximate surface area is 204 Å². The number of benzene rings is 2. The van der Waals surface area contributed by atoms with Gasteiger partial charge in [-0.15, -0.1) is 0 Å². The maximum atomic E-state index is 12.8. The van der Waals surface area contributed by atoms with E-state index >= 15 is 0 Å². The molecule has 4 rings (SSSR count). The summed E-state index contributed by atoms with van der Waals surface area (Å²) in [4.78, 5) is 43.7. The summed E-state index contributed by atoms with van der Waals surface area (Å²) >= 11 is 1.34. The summed E-state index contributed by atoms with van der Waals surface area (Å²) in [5, 5.41) is 6.03. The van der Waals surface area contributed by atoms with Crippen LogP contribution in [0.5, 0.6) is 0 Å². The van der Waals surface area contributed by atoms with E-state index < -0.39 is 5.25 Å². The Kier molecular flexibility index (Phi) is 7.36. The second-order valence-electron chi connectivity index (χ2n) is 8.67. The van der Waals surface area contributed by atoms with Crippen LogP contribution in [0.15, 0.2) is 59.6 Å². The molecule has 8 heteroatoms. The summed E-state index contributed by atoms with van der Waals surface area (Å²) in [6.07, 6.45) is 2.16. The fourth-order valence-electron chi connectivity index (χ4n) is 4.12. The third kappa shape index (κ3) is 5.50. The fraction of sp³-hybridized carbons (Fsp3) is 0.385. The first-order chi connectivity index (χ1) is 16.4. The maximum Gasteiger partial charge on any atom is 0.262 e. The lowest BCUT2D eigenvalue weighted by Gasteiger charge is -2.19. The van der Waals surface area contributed by atoms with Gasteiger partial charge in [0, 0.05) is 42.7 Å². The van der Waals surface area contributed by atoms with Crippen molar-refractivity contribution in [1.82, 2.24) is 10.2 Å². The van der Waals surface area contributed by atoms with Crippen LogP contribution in [0.2, 0.25) is 0 Å². The summed E-state index contributed by atoms with van der Waals surface area (Å²) in [7, 11) is 0. The van der Waals surface area contributed by atoms with Crippen LogP contribution in [0.3, 0.4) is 0 Å². The van der Waals surface area contributed by atoms with E-state index in [2.05, 4.69) is 27.8 Å². The van der Waals surface area contributed by atoms with Crippen molar-refractivity contribution in [3.05, 3.63) is 65.7 Å². The summed E-state index contributed by atoms with van der Waals surface area (Å²) in [6.45, 7) is 6.12. The number of nitrogens with one attached hydrogen (secondary N) is 2. The Hall–Kier alpha value is -3.13. The zero-order valence-corrected chi connectivity index (χ0v) is 20.4.